The third-order valence-corrected chi connectivity index (χ3v) is 5.16. The highest BCUT2D eigenvalue weighted by Gasteiger charge is 2.33. The zero-order chi connectivity index (χ0) is 23.7. The van der Waals surface area contributed by atoms with Gasteiger partial charge in [-0.3, -0.25) is 24.6 Å². The Bertz CT molecular complexity index is 1070. The van der Waals surface area contributed by atoms with Gasteiger partial charge in [0, 0.05) is 31.8 Å². The molecule has 2 aromatic rings. The van der Waals surface area contributed by atoms with Gasteiger partial charge in [-0.1, -0.05) is 0 Å². The number of carbonyl (C=O) groups is 2. The number of cyclic esters (lactones) is 1. The van der Waals surface area contributed by atoms with Crippen molar-refractivity contribution in [1.82, 2.24) is 5.06 Å². The maximum Gasteiger partial charge on any atom is 0.433 e. The topological polar surface area (TPSA) is 145 Å². The fraction of sp³-hybridized carbons (Fsp3) is 0.368. The molecule has 0 bridgehead atoms. The largest absolute Gasteiger partial charge is 0.443 e. The molecule has 1 aromatic heterocycles. The van der Waals surface area contributed by atoms with Crippen molar-refractivity contribution in [3.63, 3.8) is 0 Å². The number of hydrogen-bond donors (Lipinski definition) is 1. The Hall–Kier alpha value is -3.78. The molecule has 2 aliphatic rings. The average molecular weight is 467 g/mol. The quantitative estimate of drug-likeness (QED) is 0.512. The maximum atomic E-state index is 14.9. The van der Waals surface area contributed by atoms with Crippen molar-refractivity contribution in [1.29, 1.82) is 0 Å². The molecule has 0 unspecified atom stereocenters. The Morgan fingerprint density at radius 3 is 2.55 bits per heavy atom. The summed E-state index contributed by atoms with van der Waals surface area (Å²) in [5, 5.41) is 11.6. The molecular formula is C19H19F2N5O7. The number of nitrogens with zero attached hydrogens (tertiary/aromatic N) is 4. The lowest BCUT2D eigenvalue weighted by atomic mass is 10.2. The molecule has 2 N–H and O–H groups in total. The summed E-state index contributed by atoms with van der Waals surface area (Å²) in [4.78, 5) is 42.2. The first-order chi connectivity index (χ1) is 15.8. The monoisotopic (exact) mass is 467 g/mol. The van der Waals surface area contributed by atoms with Crippen molar-refractivity contribution in [3.8, 4) is 0 Å². The molecule has 14 heteroatoms. The van der Waals surface area contributed by atoms with Gasteiger partial charge in [0.05, 0.1) is 31.5 Å². The van der Waals surface area contributed by atoms with Crippen LogP contribution in [-0.2, 0) is 9.57 Å². The number of nitrogens with two attached hydrogens (primary N) is 1. The van der Waals surface area contributed by atoms with Gasteiger partial charge in [0.15, 0.2) is 11.6 Å². The van der Waals surface area contributed by atoms with Crippen molar-refractivity contribution in [2.24, 2.45) is 5.73 Å². The van der Waals surface area contributed by atoms with Crippen LogP contribution in [-0.4, -0.2) is 67.4 Å². The second kappa shape index (κ2) is 8.99. The highest BCUT2D eigenvalue weighted by molar-refractivity contribution is 5.91. The summed E-state index contributed by atoms with van der Waals surface area (Å²) in [5.74, 6) is -3.47. The molecular weight excluding hydrogens is 448 g/mol. The number of furan rings is 1. The molecule has 0 saturated carbocycles. The van der Waals surface area contributed by atoms with Crippen LogP contribution in [0.3, 0.4) is 0 Å². The predicted octanol–water partition coefficient (Wildman–Crippen LogP) is 1.64. The molecule has 0 radical (unpaired) electrons. The lowest BCUT2D eigenvalue weighted by Gasteiger charge is -2.24. The number of hydrogen-bond acceptors (Lipinski definition) is 9. The van der Waals surface area contributed by atoms with Gasteiger partial charge in [0.1, 0.15) is 16.7 Å². The molecule has 2 amide bonds. The van der Waals surface area contributed by atoms with E-state index in [1.807, 2.05) is 0 Å². The standard InChI is InChI=1S/C19H19F2N5O7/c20-13-7-11(24-10-12(9-22)32-19(24)28)8-14(21)17(13)23-3-4-25(31-6-5-23)18(27)15-1-2-16(33-15)26(29)30/h1-2,7-8,12H,3-6,9-10,22H2/t12-/m0/s1. The first-order valence-corrected chi connectivity index (χ1v) is 9.89. The minimum atomic E-state index is -0.907. The molecule has 12 nitrogen and oxygen atoms in total. The van der Waals surface area contributed by atoms with E-state index in [0.29, 0.717) is 0 Å². The molecule has 0 spiro atoms. The van der Waals surface area contributed by atoms with Crippen molar-refractivity contribution in [3.05, 3.63) is 51.8 Å². The van der Waals surface area contributed by atoms with E-state index in [9.17, 15) is 28.5 Å². The van der Waals surface area contributed by atoms with E-state index in [0.717, 1.165) is 34.2 Å². The Balaban J connectivity index is 1.48. The molecule has 2 fully saturated rings. The van der Waals surface area contributed by atoms with E-state index in [-0.39, 0.29) is 56.5 Å². The van der Waals surface area contributed by atoms with E-state index >= 15 is 0 Å². The van der Waals surface area contributed by atoms with Crippen LogP contribution in [0, 0.1) is 21.7 Å². The molecule has 2 saturated heterocycles. The molecule has 4 rings (SSSR count). The van der Waals surface area contributed by atoms with E-state index in [1.54, 1.807) is 0 Å². The second-order valence-corrected chi connectivity index (χ2v) is 7.23. The van der Waals surface area contributed by atoms with Gasteiger partial charge < -0.3 is 19.8 Å². The summed E-state index contributed by atoms with van der Waals surface area (Å²) in [5.41, 5.74) is 5.14. The fourth-order valence-electron chi connectivity index (χ4n) is 3.56. The minimum absolute atomic E-state index is 0.00271. The number of hydroxylamine groups is 2. The molecule has 1 aromatic carbocycles. The predicted molar refractivity (Wildman–Crippen MR) is 108 cm³/mol. The second-order valence-electron chi connectivity index (χ2n) is 7.23. The van der Waals surface area contributed by atoms with Crippen LogP contribution in [0.25, 0.3) is 0 Å². The van der Waals surface area contributed by atoms with Gasteiger partial charge in [-0.05, 0) is 6.07 Å². The van der Waals surface area contributed by atoms with Crippen LogP contribution >= 0.6 is 0 Å². The summed E-state index contributed by atoms with van der Waals surface area (Å²) in [7, 11) is 0. The van der Waals surface area contributed by atoms with E-state index in [1.165, 1.54) is 4.90 Å². The summed E-state index contributed by atoms with van der Waals surface area (Å²) in [6, 6.07) is 4.23. The summed E-state index contributed by atoms with van der Waals surface area (Å²) in [6.45, 7) is 0.0299. The first kappa shape index (κ1) is 22.4. The van der Waals surface area contributed by atoms with Gasteiger partial charge in [-0.25, -0.2) is 18.6 Å². The highest BCUT2D eigenvalue weighted by Crippen LogP contribution is 2.31. The van der Waals surface area contributed by atoms with E-state index in [2.05, 4.69) is 0 Å². The first-order valence-electron chi connectivity index (χ1n) is 9.89. The highest BCUT2D eigenvalue weighted by atomic mass is 19.1. The zero-order valence-electron chi connectivity index (χ0n) is 17.1. The van der Waals surface area contributed by atoms with Crippen molar-refractivity contribution in [2.45, 2.75) is 6.10 Å². The molecule has 0 aliphatic carbocycles. The lowest BCUT2D eigenvalue weighted by Crippen LogP contribution is -2.34. The fourth-order valence-corrected chi connectivity index (χ4v) is 3.56. The Morgan fingerprint density at radius 1 is 1.21 bits per heavy atom. The molecule has 176 valence electrons. The minimum Gasteiger partial charge on any atom is -0.443 e. The van der Waals surface area contributed by atoms with Crippen LogP contribution in [0.2, 0.25) is 0 Å². The normalized spacial score (nSPS) is 18.9. The summed E-state index contributed by atoms with van der Waals surface area (Å²) < 4.78 is 39.7. The van der Waals surface area contributed by atoms with Gasteiger partial charge in [0.25, 0.3) is 0 Å². The summed E-state index contributed by atoms with van der Waals surface area (Å²) >= 11 is 0. The van der Waals surface area contributed by atoms with Crippen molar-refractivity contribution >= 4 is 29.3 Å². The molecule has 33 heavy (non-hydrogen) atoms. The SMILES string of the molecule is NC[C@H]1CN(c2cc(F)c(N3CCON(C(=O)c4ccc([N+](=O)[O-])o4)CC3)c(F)c2)C(=O)O1. The van der Waals surface area contributed by atoms with Crippen molar-refractivity contribution in [2.75, 3.05) is 49.1 Å². The van der Waals surface area contributed by atoms with E-state index < -0.39 is 40.5 Å². The van der Waals surface area contributed by atoms with Gasteiger partial charge >= 0.3 is 17.9 Å². The Labute approximate surface area is 185 Å². The Kier molecular flexibility index (Phi) is 6.11. The number of nitro groups is 1. The van der Waals surface area contributed by atoms with E-state index in [4.69, 9.17) is 19.7 Å². The number of anilines is 2. The number of rotatable bonds is 5. The van der Waals surface area contributed by atoms with Crippen LogP contribution in [0.15, 0.2) is 28.7 Å². The summed E-state index contributed by atoms with van der Waals surface area (Å²) in [6.07, 6.45) is -1.31. The lowest BCUT2D eigenvalue weighted by molar-refractivity contribution is -0.402. The number of carbonyl (C=O) groups excluding carboxylic acids is 2. The number of benzene rings is 1. The van der Waals surface area contributed by atoms with Crippen LogP contribution in [0.1, 0.15) is 10.6 Å². The van der Waals surface area contributed by atoms with Crippen LogP contribution < -0.4 is 15.5 Å². The number of ether oxygens (including phenoxy) is 1. The smallest absolute Gasteiger partial charge is 0.433 e. The number of halogens is 2. The zero-order valence-corrected chi connectivity index (χ0v) is 17.1. The average Bonchev–Trinajstić information content (AvgIpc) is 3.34. The Morgan fingerprint density at radius 2 is 1.94 bits per heavy atom. The van der Waals surface area contributed by atoms with Crippen molar-refractivity contribution < 1.29 is 37.3 Å². The van der Waals surface area contributed by atoms with Gasteiger partial charge in [-0.2, -0.15) is 0 Å². The molecule has 3 heterocycles. The number of amides is 2. The maximum absolute atomic E-state index is 14.9. The van der Waals surface area contributed by atoms with Crippen LogP contribution in [0.4, 0.5) is 30.8 Å². The molecule has 2 aliphatic heterocycles. The van der Waals surface area contributed by atoms with Gasteiger partial charge in [0.2, 0.25) is 5.76 Å². The molecule has 1 atom stereocenters. The van der Waals surface area contributed by atoms with Gasteiger partial charge in [-0.15, -0.1) is 0 Å². The third-order valence-electron chi connectivity index (χ3n) is 5.16. The third kappa shape index (κ3) is 4.42. The van der Waals surface area contributed by atoms with Crippen LogP contribution in [0.5, 0.6) is 0 Å².